The van der Waals surface area contributed by atoms with E-state index in [2.05, 4.69) is 62.4 Å². The van der Waals surface area contributed by atoms with Crippen molar-refractivity contribution in [1.29, 1.82) is 0 Å². The van der Waals surface area contributed by atoms with Crippen molar-refractivity contribution in [3.63, 3.8) is 0 Å². The third-order valence-corrected chi connectivity index (χ3v) is 5.67. The van der Waals surface area contributed by atoms with Crippen LogP contribution in [0.15, 0.2) is 48.5 Å². The third kappa shape index (κ3) is 1.61. The largest absolute Gasteiger partial charge is 0.463 e. The summed E-state index contributed by atoms with van der Waals surface area (Å²) in [6, 6.07) is 17.0. The summed E-state index contributed by atoms with van der Waals surface area (Å²) in [6.45, 7) is 8.21. The van der Waals surface area contributed by atoms with E-state index < -0.39 is 0 Å². The van der Waals surface area contributed by atoms with Crippen LogP contribution in [0.2, 0.25) is 0 Å². The molecule has 0 saturated heterocycles. The maximum atomic E-state index is 12.8. The Morgan fingerprint density at radius 3 is 1.91 bits per heavy atom. The van der Waals surface area contributed by atoms with E-state index in [1.54, 1.807) is 0 Å². The predicted molar refractivity (Wildman–Crippen MR) is 91.2 cm³/mol. The fourth-order valence-corrected chi connectivity index (χ4v) is 4.81. The molecule has 2 nitrogen and oxygen atoms in total. The van der Waals surface area contributed by atoms with Crippen molar-refractivity contribution in [3.8, 4) is 11.1 Å². The van der Waals surface area contributed by atoms with Crippen molar-refractivity contribution in [2.75, 3.05) is 0 Å². The second kappa shape index (κ2) is 4.47. The average Bonchev–Trinajstić information content (AvgIpc) is 2.88. The monoisotopic (exact) mass is 306 g/mol. The van der Waals surface area contributed by atoms with Crippen molar-refractivity contribution in [2.24, 2.45) is 11.3 Å². The van der Waals surface area contributed by atoms with Crippen molar-refractivity contribution in [2.45, 2.75) is 39.2 Å². The molecule has 1 fully saturated rings. The molecule has 0 amide bonds. The maximum absolute atomic E-state index is 12.8. The summed E-state index contributed by atoms with van der Waals surface area (Å²) in [4.78, 5) is 12.8. The standard InChI is InChI=1S/C21H22O2/c1-13(2)23-19(22)18-20(3,4)21(18)16-11-7-5-9-14(16)15-10-6-8-12-17(15)21/h5-13,18H,1-4H3. The second-order valence-electron chi connectivity index (χ2n) is 7.54. The van der Waals surface area contributed by atoms with Gasteiger partial charge in [0.2, 0.25) is 0 Å². The third-order valence-electron chi connectivity index (χ3n) is 5.67. The van der Waals surface area contributed by atoms with Gasteiger partial charge < -0.3 is 4.74 Å². The molecular weight excluding hydrogens is 284 g/mol. The predicted octanol–water partition coefficient (Wildman–Crippen LogP) is 4.56. The van der Waals surface area contributed by atoms with Gasteiger partial charge in [-0.3, -0.25) is 4.79 Å². The topological polar surface area (TPSA) is 26.3 Å². The molecule has 23 heavy (non-hydrogen) atoms. The van der Waals surface area contributed by atoms with E-state index in [-0.39, 0.29) is 28.8 Å². The zero-order valence-electron chi connectivity index (χ0n) is 14.1. The van der Waals surface area contributed by atoms with Gasteiger partial charge >= 0.3 is 5.97 Å². The van der Waals surface area contributed by atoms with Crippen molar-refractivity contribution >= 4 is 5.97 Å². The van der Waals surface area contributed by atoms with Crippen LogP contribution in [0, 0.1) is 11.3 Å². The molecule has 2 aromatic rings. The van der Waals surface area contributed by atoms with Crippen molar-refractivity contribution < 1.29 is 9.53 Å². The van der Waals surface area contributed by atoms with E-state index >= 15 is 0 Å². The minimum absolute atomic E-state index is 0.0727. The highest BCUT2D eigenvalue weighted by atomic mass is 16.5. The number of hydrogen-bond donors (Lipinski definition) is 0. The molecular formula is C21H22O2. The molecule has 1 spiro atoms. The van der Waals surface area contributed by atoms with Crippen molar-refractivity contribution in [1.82, 2.24) is 0 Å². The molecule has 1 unspecified atom stereocenters. The molecule has 0 radical (unpaired) electrons. The van der Waals surface area contributed by atoms with Crippen LogP contribution in [0.25, 0.3) is 11.1 Å². The first-order valence-electron chi connectivity index (χ1n) is 8.32. The Morgan fingerprint density at radius 2 is 1.43 bits per heavy atom. The highest BCUT2D eigenvalue weighted by molar-refractivity contribution is 5.92. The van der Waals surface area contributed by atoms with Crippen LogP contribution >= 0.6 is 0 Å². The SMILES string of the molecule is CC(C)OC(=O)C1C(C)(C)C12c1ccccc1-c1ccccc12. The smallest absolute Gasteiger partial charge is 0.311 e. The summed E-state index contributed by atoms with van der Waals surface area (Å²) in [5.74, 6) is -0.196. The second-order valence-corrected chi connectivity index (χ2v) is 7.54. The van der Waals surface area contributed by atoms with Gasteiger partial charge in [0.05, 0.1) is 12.0 Å². The van der Waals surface area contributed by atoms with Gasteiger partial charge in [0.15, 0.2) is 0 Å². The number of fused-ring (bicyclic) bond motifs is 5. The Hall–Kier alpha value is -2.09. The fraction of sp³-hybridized carbons (Fsp3) is 0.381. The van der Waals surface area contributed by atoms with E-state index in [1.807, 2.05) is 13.8 Å². The molecule has 4 rings (SSSR count). The van der Waals surface area contributed by atoms with Gasteiger partial charge in [0, 0.05) is 5.41 Å². The van der Waals surface area contributed by atoms with Crippen molar-refractivity contribution in [3.05, 3.63) is 59.7 Å². The maximum Gasteiger partial charge on any atom is 0.311 e. The Kier molecular flexibility index (Phi) is 2.82. The van der Waals surface area contributed by atoms with E-state index in [1.165, 1.54) is 22.3 Å². The van der Waals surface area contributed by atoms with Crippen LogP contribution in [-0.4, -0.2) is 12.1 Å². The Balaban J connectivity index is 1.93. The molecule has 0 bridgehead atoms. The lowest BCUT2D eigenvalue weighted by Gasteiger charge is -2.17. The molecule has 0 heterocycles. The summed E-state index contributed by atoms with van der Waals surface area (Å²) in [6.07, 6.45) is -0.0807. The zero-order chi connectivity index (χ0) is 16.4. The highest BCUT2D eigenvalue weighted by Crippen LogP contribution is 2.77. The van der Waals surface area contributed by atoms with Gasteiger partial charge in [-0.15, -0.1) is 0 Å². The van der Waals surface area contributed by atoms with E-state index in [4.69, 9.17) is 4.74 Å². The summed E-state index contributed by atoms with van der Waals surface area (Å²) >= 11 is 0. The zero-order valence-corrected chi connectivity index (χ0v) is 14.1. The van der Waals surface area contributed by atoms with Gasteiger partial charge in [-0.2, -0.15) is 0 Å². The van der Waals surface area contributed by atoms with Crippen LogP contribution < -0.4 is 0 Å². The van der Waals surface area contributed by atoms with Crippen LogP contribution in [0.5, 0.6) is 0 Å². The number of esters is 1. The first kappa shape index (κ1) is 14.5. The molecule has 2 aliphatic carbocycles. The summed E-state index contributed by atoms with van der Waals surface area (Å²) in [7, 11) is 0. The summed E-state index contributed by atoms with van der Waals surface area (Å²) in [5, 5.41) is 0. The number of carbonyl (C=O) groups is 1. The van der Waals surface area contributed by atoms with Crippen LogP contribution in [0.4, 0.5) is 0 Å². The average molecular weight is 306 g/mol. The number of benzene rings is 2. The van der Waals surface area contributed by atoms with E-state index in [9.17, 15) is 4.79 Å². The molecule has 0 aliphatic heterocycles. The lowest BCUT2D eigenvalue weighted by atomic mass is 9.85. The summed E-state index contributed by atoms with van der Waals surface area (Å²) < 4.78 is 5.59. The first-order valence-corrected chi connectivity index (χ1v) is 8.32. The van der Waals surface area contributed by atoms with Crippen LogP contribution in [0.1, 0.15) is 38.8 Å². The van der Waals surface area contributed by atoms with Gasteiger partial charge in [0.25, 0.3) is 0 Å². The minimum Gasteiger partial charge on any atom is -0.463 e. The van der Waals surface area contributed by atoms with Gasteiger partial charge in [0.1, 0.15) is 0 Å². The molecule has 0 aromatic heterocycles. The lowest BCUT2D eigenvalue weighted by Crippen LogP contribution is -2.19. The van der Waals surface area contributed by atoms with Gasteiger partial charge in [-0.25, -0.2) is 0 Å². The number of hydrogen-bond acceptors (Lipinski definition) is 2. The highest BCUT2D eigenvalue weighted by Gasteiger charge is 2.78. The lowest BCUT2D eigenvalue weighted by molar-refractivity contribution is -0.150. The van der Waals surface area contributed by atoms with Gasteiger partial charge in [-0.05, 0) is 41.5 Å². The number of carbonyl (C=O) groups excluding carboxylic acids is 1. The van der Waals surface area contributed by atoms with E-state index in [0.717, 1.165) is 0 Å². The Bertz CT molecular complexity index is 755. The Morgan fingerprint density at radius 1 is 0.957 bits per heavy atom. The molecule has 2 aromatic carbocycles. The molecule has 2 aliphatic rings. The van der Waals surface area contributed by atoms with E-state index in [0.29, 0.717) is 0 Å². The number of ether oxygens (including phenoxy) is 1. The number of rotatable bonds is 2. The first-order chi connectivity index (χ1) is 10.9. The molecule has 1 saturated carbocycles. The molecule has 118 valence electrons. The van der Waals surface area contributed by atoms with Crippen LogP contribution in [-0.2, 0) is 14.9 Å². The normalized spacial score (nSPS) is 21.9. The molecule has 2 heteroatoms. The Labute approximate surface area is 137 Å². The molecule has 1 atom stereocenters. The fourth-order valence-electron chi connectivity index (χ4n) is 4.81. The minimum atomic E-state index is -0.244. The van der Waals surface area contributed by atoms with Crippen LogP contribution in [0.3, 0.4) is 0 Å². The van der Waals surface area contributed by atoms with Gasteiger partial charge in [-0.1, -0.05) is 62.4 Å². The summed E-state index contributed by atoms with van der Waals surface area (Å²) in [5.41, 5.74) is 4.69. The quantitative estimate of drug-likeness (QED) is 0.760. The molecule has 0 N–H and O–H groups in total.